The Bertz CT molecular complexity index is 432. The fourth-order valence-corrected chi connectivity index (χ4v) is 2.26. The summed E-state index contributed by atoms with van der Waals surface area (Å²) in [7, 11) is 0. The average Bonchev–Trinajstić information content (AvgIpc) is 2.57. The van der Waals surface area contributed by atoms with Crippen molar-refractivity contribution in [2.24, 2.45) is 11.3 Å². The molecule has 2 rings (SSSR count). The number of nitrogens with two attached hydrogens (primary N) is 1. The molecule has 88 valence electrons. The second-order valence-electron chi connectivity index (χ2n) is 5.20. The lowest BCUT2D eigenvalue weighted by Crippen LogP contribution is -2.25. The lowest BCUT2D eigenvalue weighted by Gasteiger charge is -2.18. The first-order valence-electron chi connectivity index (χ1n) is 5.35. The molecule has 3 N–H and O–H groups in total. The molecule has 0 spiro atoms. The topological polar surface area (TPSA) is 63.8 Å². The minimum absolute atomic E-state index is 0.0820. The zero-order chi connectivity index (χ0) is 12.1. The lowest BCUT2D eigenvalue weighted by atomic mass is 10.1. The normalized spacial score (nSPS) is 31.2. The molecule has 1 aliphatic carbocycles. The van der Waals surface area contributed by atoms with Crippen LogP contribution in [0.5, 0.6) is 0 Å². The van der Waals surface area contributed by atoms with E-state index < -0.39 is 5.82 Å². The maximum atomic E-state index is 13.5. The van der Waals surface area contributed by atoms with E-state index in [1.54, 1.807) is 0 Å². The molecule has 0 bridgehead atoms. The van der Waals surface area contributed by atoms with Crippen molar-refractivity contribution in [3.63, 3.8) is 0 Å². The van der Waals surface area contributed by atoms with E-state index in [9.17, 15) is 4.39 Å². The third kappa shape index (κ3) is 1.34. The highest BCUT2D eigenvalue weighted by Crippen LogP contribution is 2.62. The summed E-state index contributed by atoms with van der Waals surface area (Å²) < 4.78 is 13.5. The Morgan fingerprint density at radius 1 is 1.44 bits per heavy atom. The SMILES string of the molecule is CC1C(C)(C)C1(C)Nc1nc(N)ncc1F. The number of aromatic nitrogens is 2. The molecule has 1 aromatic rings. The molecule has 16 heavy (non-hydrogen) atoms. The van der Waals surface area contributed by atoms with Gasteiger partial charge in [0, 0.05) is 5.54 Å². The summed E-state index contributed by atoms with van der Waals surface area (Å²) in [4.78, 5) is 7.48. The second-order valence-corrected chi connectivity index (χ2v) is 5.20. The van der Waals surface area contributed by atoms with Crippen LogP contribution >= 0.6 is 0 Å². The number of hydrogen-bond donors (Lipinski definition) is 2. The molecule has 0 amide bonds. The van der Waals surface area contributed by atoms with Crippen LogP contribution < -0.4 is 11.1 Å². The Balaban J connectivity index is 2.26. The third-order valence-corrected chi connectivity index (χ3v) is 4.34. The van der Waals surface area contributed by atoms with Gasteiger partial charge in [0.15, 0.2) is 11.6 Å². The first-order valence-corrected chi connectivity index (χ1v) is 5.35. The van der Waals surface area contributed by atoms with Crippen LogP contribution in [0, 0.1) is 17.2 Å². The monoisotopic (exact) mass is 224 g/mol. The highest BCUT2D eigenvalue weighted by atomic mass is 19.1. The van der Waals surface area contributed by atoms with E-state index in [0.29, 0.717) is 5.92 Å². The van der Waals surface area contributed by atoms with Gasteiger partial charge in [-0.2, -0.15) is 4.98 Å². The van der Waals surface area contributed by atoms with Crippen LogP contribution in [0.25, 0.3) is 0 Å². The number of nitrogens with one attached hydrogen (secondary N) is 1. The molecule has 5 heteroatoms. The molecular weight excluding hydrogens is 207 g/mol. The van der Waals surface area contributed by atoms with Crippen LogP contribution in [0.15, 0.2) is 6.20 Å². The van der Waals surface area contributed by atoms with Crippen LogP contribution in [0.1, 0.15) is 27.7 Å². The van der Waals surface area contributed by atoms with Crippen molar-refractivity contribution >= 4 is 11.8 Å². The van der Waals surface area contributed by atoms with Gasteiger partial charge in [-0.15, -0.1) is 0 Å². The summed E-state index contributed by atoms with van der Waals surface area (Å²) in [5.74, 6) is 0.256. The van der Waals surface area contributed by atoms with Crippen molar-refractivity contribution in [2.45, 2.75) is 33.2 Å². The fraction of sp³-hybridized carbons (Fsp3) is 0.636. The van der Waals surface area contributed by atoms with E-state index in [2.05, 4.69) is 43.0 Å². The second kappa shape index (κ2) is 3.06. The van der Waals surface area contributed by atoms with Gasteiger partial charge in [-0.1, -0.05) is 20.8 Å². The van der Waals surface area contributed by atoms with Gasteiger partial charge in [0.25, 0.3) is 0 Å². The summed E-state index contributed by atoms with van der Waals surface area (Å²) in [5.41, 5.74) is 5.42. The molecule has 2 atom stereocenters. The van der Waals surface area contributed by atoms with E-state index in [-0.39, 0.29) is 22.7 Å². The van der Waals surface area contributed by atoms with Crippen LogP contribution in [0.2, 0.25) is 0 Å². The van der Waals surface area contributed by atoms with E-state index in [1.807, 2.05) is 0 Å². The molecule has 1 aliphatic rings. The zero-order valence-electron chi connectivity index (χ0n) is 10.0. The molecule has 1 fully saturated rings. The van der Waals surface area contributed by atoms with Crippen molar-refractivity contribution in [2.75, 3.05) is 11.1 Å². The van der Waals surface area contributed by atoms with E-state index >= 15 is 0 Å². The van der Waals surface area contributed by atoms with Gasteiger partial charge in [0.1, 0.15) is 0 Å². The summed E-state index contributed by atoms with van der Waals surface area (Å²) in [6.07, 6.45) is 1.09. The maximum absolute atomic E-state index is 13.5. The highest BCUT2D eigenvalue weighted by molar-refractivity contribution is 5.46. The number of anilines is 2. The summed E-state index contributed by atoms with van der Waals surface area (Å²) in [6.45, 7) is 8.49. The first-order chi connectivity index (χ1) is 7.29. The molecule has 1 saturated carbocycles. The molecule has 1 heterocycles. The molecular formula is C11H17FN4. The molecule has 0 saturated heterocycles. The predicted octanol–water partition coefficient (Wildman–Crippen LogP) is 2.04. The number of nitrogens with zero attached hydrogens (tertiary/aromatic N) is 2. The average molecular weight is 224 g/mol. The minimum Gasteiger partial charge on any atom is -0.368 e. The van der Waals surface area contributed by atoms with Crippen molar-refractivity contribution < 1.29 is 4.39 Å². The number of rotatable bonds is 2. The Morgan fingerprint density at radius 3 is 2.50 bits per heavy atom. The van der Waals surface area contributed by atoms with Gasteiger partial charge in [-0.05, 0) is 18.3 Å². The first kappa shape index (κ1) is 11.1. The van der Waals surface area contributed by atoms with Gasteiger partial charge in [-0.3, -0.25) is 0 Å². The smallest absolute Gasteiger partial charge is 0.222 e. The van der Waals surface area contributed by atoms with Gasteiger partial charge < -0.3 is 11.1 Å². The van der Waals surface area contributed by atoms with Gasteiger partial charge in [-0.25, -0.2) is 9.37 Å². The van der Waals surface area contributed by atoms with Crippen molar-refractivity contribution in [3.8, 4) is 0 Å². The Morgan fingerprint density at radius 2 is 2.00 bits per heavy atom. The largest absolute Gasteiger partial charge is 0.368 e. The summed E-state index contributed by atoms with van der Waals surface area (Å²) in [6, 6.07) is 0. The van der Waals surface area contributed by atoms with E-state index in [4.69, 9.17) is 5.73 Å². The summed E-state index contributed by atoms with van der Waals surface area (Å²) >= 11 is 0. The Kier molecular flexibility index (Phi) is 2.12. The minimum atomic E-state index is -0.467. The molecule has 2 unspecified atom stereocenters. The quantitative estimate of drug-likeness (QED) is 0.807. The number of halogens is 1. The Hall–Kier alpha value is -1.39. The third-order valence-electron chi connectivity index (χ3n) is 4.34. The van der Waals surface area contributed by atoms with E-state index in [0.717, 1.165) is 6.20 Å². The zero-order valence-corrected chi connectivity index (χ0v) is 10.0. The number of nitrogen functional groups attached to an aromatic ring is 1. The molecule has 0 aliphatic heterocycles. The standard InChI is InChI=1S/C11H17FN4/c1-6-10(2,3)11(6,4)16-8-7(12)5-14-9(13)15-8/h5-6H,1-4H3,(H3,13,14,15,16). The van der Waals surface area contributed by atoms with Crippen molar-refractivity contribution in [3.05, 3.63) is 12.0 Å². The van der Waals surface area contributed by atoms with Crippen molar-refractivity contribution in [1.82, 2.24) is 9.97 Å². The molecule has 1 aromatic heterocycles. The van der Waals surface area contributed by atoms with Crippen LogP contribution in [0.4, 0.5) is 16.2 Å². The molecule has 4 nitrogen and oxygen atoms in total. The van der Waals surface area contributed by atoms with Crippen LogP contribution in [-0.2, 0) is 0 Å². The van der Waals surface area contributed by atoms with Crippen LogP contribution in [0.3, 0.4) is 0 Å². The van der Waals surface area contributed by atoms with Crippen molar-refractivity contribution in [1.29, 1.82) is 0 Å². The van der Waals surface area contributed by atoms with Crippen LogP contribution in [-0.4, -0.2) is 15.5 Å². The van der Waals surface area contributed by atoms with Gasteiger partial charge >= 0.3 is 0 Å². The maximum Gasteiger partial charge on any atom is 0.222 e. The predicted molar refractivity (Wildman–Crippen MR) is 61.4 cm³/mol. The fourth-order valence-electron chi connectivity index (χ4n) is 2.26. The number of hydrogen-bond acceptors (Lipinski definition) is 4. The van der Waals surface area contributed by atoms with Gasteiger partial charge in [0.2, 0.25) is 5.95 Å². The molecule has 0 aromatic carbocycles. The lowest BCUT2D eigenvalue weighted by molar-refractivity contribution is 0.533. The molecule has 0 radical (unpaired) electrons. The Labute approximate surface area is 94.5 Å². The highest BCUT2D eigenvalue weighted by Gasteiger charge is 2.65. The summed E-state index contributed by atoms with van der Waals surface area (Å²) in [5, 5.41) is 3.14. The van der Waals surface area contributed by atoms with Gasteiger partial charge in [0.05, 0.1) is 6.20 Å². The van der Waals surface area contributed by atoms with E-state index in [1.165, 1.54) is 0 Å².